The predicted molar refractivity (Wildman–Crippen MR) is 74.6 cm³/mol. The van der Waals surface area contributed by atoms with Crippen molar-refractivity contribution in [2.75, 3.05) is 32.7 Å². The van der Waals surface area contributed by atoms with E-state index in [1.54, 1.807) is 6.07 Å². The van der Waals surface area contributed by atoms with Gasteiger partial charge in [0.25, 0.3) is 0 Å². The molecule has 0 aliphatic carbocycles. The lowest BCUT2D eigenvalue weighted by Crippen LogP contribution is -2.63. The number of ketones is 1. The third-order valence-corrected chi connectivity index (χ3v) is 4.80. The van der Waals surface area contributed by atoms with Crippen LogP contribution in [0.4, 0.5) is 4.39 Å². The SMILES string of the molecule is O=C(Cc1cc(F)ccc1Br)C1CN2CCN1CC2. The van der Waals surface area contributed by atoms with Crippen molar-refractivity contribution >= 4 is 21.7 Å². The topological polar surface area (TPSA) is 23.6 Å². The smallest absolute Gasteiger partial charge is 0.155 e. The predicted octanol–water partition coefficient (Wildman–Crippen LogP) is 1.70. The quantitative estimate of drug-likeness (QED) is 0.844. The Morgan fingerprint density at radius 1 is 1.32 bits per heavy atom. The van der Waals surface area contributed by atoms with Gasteiger partial charge in [-0.1, -0.05) is 15.9 Å². The van der Waals surface area contributed by atoms with Crippen LogP contribution in [0.15, 0.2) is 22.7 Å². The lowest BCUT2D eigenvalue weighted by atomic mass is 9.98. The zero-order valence-corrected chi connectivity index (χ0v) is 12.2. The molecule has 5 heteroatoms. The zero-order chi connectivity index (χ0) is 13.4. The molecule has 0 spiro atoms. The molecular formula is C14H16BrFN2O. The van der Waals surface area contributed by atoms with Crippen LogP contribution in [0.3, 0.4) is 0 Å². The third-order valence-electron chi connectivity index (χ3n) is 4.02. The van der Waals surface area contributed by atoms with Gasteiger partial charge in [-0.3, -0.25) is 14.6 Å². The molecule has 3 aliphatic heterocycles. The van der Waals surface area contributed by atoms with Crippen molar-refractivity contribution in [1.29, 1.82) is 0 Å². The molecule has 19 heavy (non-hydrogen) atoms. The molecule has 102 valence electrons. The maximum absolute atomic E-state index is 13.2. The van der Waals surface area contributed by atoms with Gasteiger partial charge in [-0.25, -0.2) is 4.39 Å². The molecule has 0 radical (unpaired) electrons. The minimum Gasteiger partial charge on any atom is -0.299 e. The fourth-order valence-electron chi connectivity index (χ4n) is 2.91. The number of carbonyl (C=O) groups excluding carboxylic acids is 1. The van der Waals surface area contributed by atoms with Crippen LogP contribution in [0, 0.1) is 5.82 Å². The molecule has 2 bridgehead atoms. The van der Waals surface area contributed by atoms with E-state index in [4.69, 9.17) is 0 Å². The van der Waals surface area contributed by atoms with Crippen LogP contribution in [-0.4, -0.2) is 54.3 Å². The van der Waals surface area contributed by atoms with Gasteiger partial charge in [-0.05, 0) is 23.8 Å². The number of hydrogen-bond acceptors (Lipinski definition) is 3. The number of rotatable bonds is 3. The van der Waals surface area contributed by atoms with Crippen LogP contribution in [0.2, 0.25) is 0 Å². The highest BCUT2D eigenvalue weighted by Gasteiger charge is 2.35. The van der Waals surface area contributed by atoms with Crippen LogP contribution in [0.25, 0.3) is 0 Å². The summed E-state index contributed by atoms with van der Waals surface area (Å²) in [6, 6.07) is 4.49. The van der Waals surface area contributed by atoms with Gasteiger partial charge in [0.05, 0.1) is 6.04 Å². The van der Waals surface area contributed by atoms with Crippen LogP contribution in [0.1, 0.15) is 5.56 Å². The molecule has 4 rings (SSSR count). The number of piperazine rings is 3. The monoisotopic (exact) mass is 326 g/mol. The van der Waals surface area contributed by atoms with E-state index in [-0.39, 0.29) is 17.6 Å². The second-order valence-electron chi connectivity index (χ2n) is 5.23. The molecule has 0 saturated carbocycles. The summed E-state index contributed by atoms with van der Waals surface area (Å²) < 4.78 is 14.0. The van der Waals surface area contributed by atoms with Gasteiger partial charge in [0.1, 0.15) is 5.82 Å². The summed E-state index contributed by atoms with van der Waals surface area (Å²) >= 11 is 3.38. The first-order chi connectivity index (χ1) is 9.13. The number of halogens is 2. The maximum Gasteiger partial charge on any atom is 0.155 e. The highest BCUT2D eigenvalue weighted by molar-refractivity contribution is 9.10. The highest BCUT2D eigenvalue weighted by Crippen LogP contribution is 2.22. The molecule has 3 saturated heterocycles. The summed E-state index contributed by atoms with van der Waals surface area (Å²) in [5, 5.41) is 0. The van der Waals surface area contributed by atoms with E-state index in [0.717, 1.165) is 42.8 Å². The van der Waals surface area contributed by atoms with E-state index in [2.05, 4.69) is 25.7 Å². The largest absolute Gasteiger partial charge is 0.299 e. The molecule has 3 heterocycles. The molecule has 0 N–H and O–H groups in total. The average molecular weight is 327 g/mol. The maximum atomic E-state index is 13.2. The number of nitrogens with zero attached hydrogens (tertiary/aromatic N) is 2. The molecule has 3 aliphatic rings. The van der Waals surface area contributed by atoms with Crippen LogP contribution in [-0.2, 0) is 11.2 Å². The first-order valence-electron chi connectivity index (χ1n) is 6.56. The highest BCUT2D eigenvalue weighted by atomic mass is 79.9. The average Bonchev–Trinajstić information content (AvgIpc) is 2.44. The summed E-state index contributed by atoms with van der Waals surface area (Å²) in [4.78, 5) is 17.0. The van der Waals surface area contributed by atoms with Gasteiger partial charge in [0.2, 0.25) is 0 Å². The fourth-order valence-corrected chi connectivity index (χ4v) is 3.29. The van der Waals surface area contributed by atoms with Gasteiger partial charge < -0.3 is 0 Å². The van der Waals surface area contributed by atoms with Crippen molar-refractivity contribution in [2.45, 2.75) is 12.5 Å². The van der Waals surface area contributed by atoms with Crippen molar-refractivity contribution < 1.29 is 9.18 Å². The second kappa shape index (κ2) is 5.31. The lowest BCUT2D eigenvalue weighted by Gasteiger charge is -2.46. The van der Waals surface area contributed by atoms with Gasteiger partial charge in [-0.2, -0.15) is 0 Å². The molecule has 1 aromatic carbocycles. The summed E-state index contributed by atoms with van der Waals surface area (Å²) in [5.74, 6) is -0.101. The van der Waals surface area contributed by atoms with E-state index >= 15 is 0 Å². The molecule has 0 amide bonds. The summed E-state index contributed by atoms with van der Waals surface area (Å²) in [7, 11) is 0. The van der Waals surface area contributed by atoms with E-state index in [0.29, 0.717) is 6.42 Å². The second-order valence-corrected chi connectivity index (χ2v) is 6.09. The number of fused-ring (bicyclic) bond motifs is 3. The molecule has 1 unspecified atom stereocenters. The first kappa shape index (κ1) is 13.2. The van der Waals surface area contributed by atoms with E-state index in [1.165, 1.54) is 12.1 Å². The van der Waals surface area contributed by atoms with Gasteiger partial charge in [0.15, 0.2) is 5.78 Å². The Hall–Kier alpha value is -0.780. The Bertz CT molecular complexity index is 500. The standard InChI is InChI=1S/C14H16BrFN2O/c15-12-2-1-11(16)7-10(12)8-14(19)13-9-17-3-5-18(13)6-4-17/h1-2,7,13H,3-6,8-9H2. The van der Waals surface area contributed by atoms with Crippen molar-refractivity contribution in [1.82, 2.24) is 9.80 Å². The van der Waals surface area contributed by atoms with E-state index in [9.17, 15) is 9.18 Å². The molecule has 3 fully saturated rings. The van der Waals surface area contributed by atoms with Gasteiger partial charge in [0, 0.05) is 43.6 Å². The van der Waals surface area contributed by atoms with Crippen LogP contribution < -0.4 is 0 Å². The minimum absolute atomic E-state index is 0.0160. The van der Waals surface area contributed by atoms with Crippen molar-refractivity contribution in [3.63, 3.8) is 0 Å². The van der Waals surface area contributed by atoms with Crippen LogP contribution >= 0.6 is 15.9 Å². The number of benzene rings is 1. The van der Waals surface area contributed by atoms with Gasteiger partial charge in [-0.15, -0.1) is 0 Å². The Kier molecular flexibility index (Phi) is 3.69. The summed E-state index contributed by atoms with van der Waals surface area (Å²) in [5.41, 5.74) is 0.739. The lowest BCUT2D eigenvalue weighted by molar-refractivity contribution is -0.128. The minimum atomic E-state index is -0.291. The Labute approximate surface area is 120 Å². The molecule has 3 nitrogen and oxygen atoms in total. The number of Topliss-reactive ketones (excluding diaryl/α,β-unsaturated/α-hetero) is 1. The first-order valence-corrected chi connectivity index (χ1v) is 7.36. The Morgan fingerprint density at radius 3 is 2.68 bits per heavy atom. The summed E-state index contributed by atoms with van der Waals surface area (Å²) in [6.07, 6.45) is 0.299. The molecule has 1 atom stereocenters. The fraction of sp³-hybridized carbons (Fsp3) is 0.500. The normalized spacial score (nSPS) is 29.5. The molecule has 0 aromatic heterocycles. The van der Waals surface area contributed by atoms with E-state index in [1.807, 2.05) is 0 Å². The number of hydrogen-bond donors (Lipinski definition) is 0. The van der Waals surface area contributed by atoms with Gasteiger partial charge >= 0.3 is 0 Å². The molecule has 1 aromatic rings. The van der Waals surface area contributed by atoms with Crippen LogP contribution in [0.5, 0.6) is 0 Å². The zero-order valence-electron chi connectivity index (χ0n) is 10.6. The Morgan fingerprint density at radius 2 is 2.05 bits per heavy atom. The van der Waals surface area contributed by atoms with E-state index < -0.39 is 0 Å². The number of carbonyl (C=O) groups is 1. The summed E-state index contributed by atoms with van der Waals surface area (Å²) in [6.45, 7) is 4.90. The van der Waals surface area contributed by atoms with Crippen molar-refractivity contribution in [3.8, 4) is 0 Å². The van der Waals surface area contributed by atoms with Crippen molar-refractivity contribution in [3.05, 3.63) is 34.1 Å². The molecular weight excluding hydrogens is 311 g/mol. The Balaban J connectivity index is 1.73. The third kappa shape index (κ3) is 2.73. The van der Waals surface area contributed by atoms with Crippen molar-refractivity contribution in [2.24, 2.45) is 0 Å².